The zero-order valence-corrected chi connectivity index (χ0v) is 29.4. The normalized spacial score (nSPS) is 53.2. The van der Waals surface area contributed by atoms with Crippen molar-refractivity contribution in [2.24, 2.45) is 5.73 Å². The summed E-state index contributed by atoms with van der Waals surface area (Å²) in [6, 6.07) is -1.66. The predicted molar refractivity (Wildman–Crippen MR) is 168 cm³/mol. The molecule has 26 heteroatoms. The maximum Gasteiger partial charge on any atom is 0.187 e. The van der Waals surface area contributed by atoms with Crippen LogP contribution in [0.4, 0.5) is 0 Å². The summed E-state index contributed by atoms with van der Waals surface area (Å²) < 4.78 is 49.6. The van der Waals surface area contributed by atoms with Gasteiger partial charge in [-0.15, -0.1) is 0 Å². The van der Waals surface area contributed by atoms with E-state index in [0.29, 0.717) is 0 Å². The minimum Gasteiger partial charge on any atom is -0.394 e. The largest absolute Gasteiger partial charge is 0.394 e. The van der Waals surface area contributed by atoms with Gasteiger partial charge >= 0.3 is 0 Å². The number of rotatable bonds is 13. The first-order valence-corrected chi connectivity index (χ1v) is 17.7. The van der Waals surface area contributed by atoms with Crippen molar-refractivity contribution in [3.05, 3.63) is 0 Å². The summed E-state index contributed by atoms with van der Waals surface area (Å²) in [5.74, 6) is 0. The minimum atomic E-state index is -2.04. The lowest BCUT2D eigenvalue weighted by Gasteiger charge is -2.49. The van der Waals surface area contributed by atoms with Gasteiger partial charge in [0.2, 0.25) is 0 Å². The molecule has 5 rings (SSSR count). The van der Waals surface area contributed by atoms with E-state index in [9.17, 15) is 81.7 Å². The average molecular weight is 828 g/mol. The molecule has 328 valence electrons. The molecule has 0 spiro atoms. The van der Waals surface area contributed by atoms with E-state index in [2.05, 4.69) is 0 Å². The monoisotopic (exact) mass is 827 g/mol. The molecule has 0 aromatic rings. The van der Waals surface area contributed by atoms with Crippen LogP contribution in [0.2, 0.25) is 0 Å². The molecular weight excluding hydrogens is 774 g/mol. The summed E-state index contributed by atoms with van der Waals surface area (Å²) in [6.07, 6.45) is -43.1. The lowest BCUT2D eigenvalue weighted by atomic mass is 9.94. The molecule has 0 aromatic heterocycles. The van der Waals surface area contributed by atoms with Crippen molar-refractivity contribution in [3.8, 4) is 0 Å². The molecular formula is C30H53NO25. The molecule has 0 saturated carbocycles. The van der Waals surface area contributed by atoms with Crippen molar-refractivity contribution in [2.75, 3.05) is 33.0 Å². The first-order chi connectivity index (χ1) is 26.5. The van der Waals surface area contributed by atoms with Crippen LogP contribution in [0.25, 0.3) is 0 Å². The van der Waals surface area contributed by atoms with Crippen LogP contribution in [0.1, 0.15) is 0 Å². The van der Waals surface area contributed by atoms with Crippen molar-refractivity contribution < 1.29 is 124 Å². The van der Waals surface area contributed by atoms with Gasteiger partial charge in [-0.05, 0) is 0 Å². The number of nitrogens with two attached hydrogens (primary N) is 1. The number of hydrogen-bond donors (Lipinski definition) is 17. The first-order valence-electron chi connectivity index (χ1n) is 17.7. The fraction of sp³-hybridized carbons (Fsp3) is 1.00. The predicted octanol–water partition coefficient (Wildman–Crippen LogP) is -12.0. The van der Waals surface area contributed by atoms with Crippen LogP contribution in [-0.2, 0) is 42.6 Å². The quantitative estimate of drug-likeness (QED) is 0.0819. The van der Waals surface area contributed by atoms with E-state index < -0.39 is 187 Å². The zero-order valence-electron chi connectivity index (χ0n) is 29.4. The van der Waals surface area contributed by atoms with Gasteiger partial charge in [0, 0.05) is 0 Å². The molecule has 5 saturated heterocycles. The number of hydrogen-bond acceptors (Lipinski definition) is 26. The summed E-state index contributed by atoms with van der Waals surface area (Å²) >= 11 is 0. The third-order valence-corrected chi connectivity index (χ3v) is 10.4. The first kappa shape index (κ1) is 46.0. The van der Waals surface area contributed by atoms with Gasteiger partial charge in [-0.2, -0.15) is 0 Å². The van der Waals surface area contributed by atoms with Crippen LogP contribution >= 0.6 is 0 Å². The Kier molecular flexibility index (Phi) is 16.1. The second-order valence-electron chi connectivity index (χ2n) is 14.0. The highest BCUT2D eigenvalue weighted by Gasteiger charge is 2.56. The molecule has 18 N–H and O–H groups in total. The molecule has 5 aliphatic rings. The fourth-order valence-corrected chi connectivity index (χ4v) is 7.07. The summed E-state index contributed by atoms with van der Waals surface area (Å²) in [7, 11) is 0. The third-order valence-electron chi connectivity index (χ3n) is 10.4. The SMILES string of the molecule is N[C@H]1[C@H](O[C@H]2[C@@H](O)[C@@H](CO)O[C@@H](O[C@H]3[C@H](O)[C@@H](O)C(O)O[C@@H]3CO)[C@@H]2O)O[C@H](CO)[C@@H](O[C@@H]2O[C@H](CO)[C@H](O)[C@H](O[C@H]3O[C@H](CO)[C@H](O)[C@H](O)[C@H]3O)[C@H]2O)[C@@H]1O. The summed E-state index contributed by atoms with van der Waals surface area (Å²) in [5, 5.41) is 166. The Morgan fingerprint density at radius 2 is 0.679 bits per heavy atom. The highest BCUT2D eigenvalue weighted by atomic mass is 16.8. The molecule has 26 nitrogen and oxygen atoms in total. The minimum absolute atomic E-state index is 0.827. The van der Waals surface area contributed by atoms with Crippen molar-refractivity contribution >= 4 is 0 Å². The molecule has 0 bridgehead atoms. The van der Waals surface area contributed by atoms with Gasteiger partial charge in [-0.3, -0.25) is 0 Å². The molecule has 0 radical (unpaired) electrons. The Morgan fingerprint density at radius 3 is 1.14 bits per heavy atom. The number of aliphatic hydroxyl groups is 16. The summed E-state index contributed by atoms with van der Waals surface area (Å²) in [6.45, 7) is -4.42. The van der Waals surface area contributed by atoms with Crippen molar-refractivity contribution in [2.45, 2.75) is 153 Å². The smallest absolute Gasteiger partial charge is 0.187 e. The van der Waals surface area contributed by atoms with E-state index in [1.807, 2.05) is 0 Å². The third kappa shape index (κ3) is 9.16. The van der Waals surface area contributed by atoms with E-state index in [-0.39, 0.29) is 0 Å². The maximum atomic E-state index is 11.3. The highest BCUT2D eigenvalue weighted by Crippen LogP contribution is 2.35. The Labute approximate surface area is 316 Å². The Balaban J connectivity index is 1.29. The zero-order chi connectivity index (χ0) is 41.3. The van der Waals surface area contributed by atoms with Crippen molar-refractivity contribution in [1.82, 2.24) is 0 Å². The maximum absolute atomic E-state index is 11.3. The van der Waals surface area contributed by atoms with Gasteiger partial charge in [-0.25, -0.2) is 0 Å². The molecule has 0 amide bonds. The van der Waals surface area contributed by atoms with Crippen molar-refractivity contribution in [3.63, 3.8) is 0 Å². The summed E-state index contributed by atoms with van der Waals surface area (Å²) in [5.41, 5.74) is 6.22. The topological polar surface area (TPSA) is 433 Å². The molecule has 5 fully saturated rings. The highest BCUT2D eigenvalue weighted by molar-refractivity contribution is 4.99. The van der Waals surface area contributed by atoms with Gasteiger partial charge in [-0.1, -0.05) is 0 Å². The summed E-state index contributed by atoms with van der Waals surface area (Å²) in [4.78, 5) is 0. The van der Waals surface area contributed by atoms with E-state index in [4.69, 9.17) is 48.4 Å². The number of ether oxygens (including phenoxy) is 9. The van der Waals surface area contributed by atoms with Crippen molar-refractivity contribution in [1.29, 1.82) is 0 Å². The molecule has 5 aliphatic heterocycles. The van der Waals surface area contributed by atoms with Gasteiger partial charge in [0.05, 0.1) is 39.1 Å². The molecule has 5 heterocycles. The second kappa shape index (κ2) is 19.6. The van der Waals surface area contributed by atoms with E-state index >= 15 is 0 Å². The lowest BCUT2D eigenvalue weighted by Crippen LogP contribution is -2.69. The molecule has 25 atom stereocenters. The van der Waals surface area contributed by atoms with Crippen LogP contribution in [-0.4, -0.2) is 268 Å². The Hall–Kier alpha value is -1.04. The van der Waals surface area contributed by atoms with Crippen LogP contribution in [0, 0.1) is 0 Å². The standard InChI is InChI=1S/C30H53NO25/c31-11-15(40)22(53-29-21(46)25(14(39)8(3-34)50-29)56-28-19(44)16(41)12(37)6(1-32)49-28)10(5-36)52-27(11)55-24-13(38)7(2-33)51-30(20(24)45)54-23-9(4-35)48-26(47)18(43)17(23)42/h6-30,32-47H,1-5,31H2/t6-,7-,8-,9-,10-,11-,12+,13+,14+,15-,16+,17-,18-,19-,20-,21-,22-,23-,24+,25+,26?,27+,28-,29+,30+/m1/s1. The van der Waals surface area contributed by atoms with Crippen LogP contribution in [0.5, 0.6) is 0 Å². The van der Waals surface area contributed by atoms with Crippen LogP contribution in [0.3, 0.4) is 0 Å². The van der Waals surface area contributed by atoms with E-state index in [1.54, 1.807) is 0 Å². The van der Waals surface area contributed by atoms with Gasteiger partial charge in [0.25, 0.3) is 0 Å². The average Bonchev–Trinajstić information content (AvgIpc) is 3.19. The molecule has 0 aliphatic carbocycles. The van der Waals surface area contributed by atoms with Crippen LogP contribution < -0.4 is 5.73 Å². The number of aliphatic hydroxyl groups excluding tert-OH is 16. The Bertz CT molecular complexity index is 1210. The molecule has 0 aromatic carbocycles. The van der Waals surface area contributed by atoms with E-state index in [1.165, 1.54) is 0 Å². The second-order valence-corrected chi connectivity index (χ2v) is 14.0. The van der Waals surface area contributed by atoms with Gasteiger partial charge in [0.15, 0.2) is 31.5 Å². The van der Waals surface area contributed by atoms with Crippen LogP contribution in [0.15, 0.2) is 0 Å². The lowest BCUT2D eigenvalue weighted by molar-refractivity contribution is -0.385. The fourth-order valence-electron chi connectivity index (χ4n) is 7.07. The van der Waals surface area contributed by atoms with E-state index in [0.717, 1.165) is 0 Å². The van der Waals surface area contributed by atoms with Gasteiger partial charge < -0.3 is 130 Å². The molecule has 1 unspecified atom stereocenters. The van der Waals surface area contributed by atoms with Gasteiger partial charge in [0.1, 0.15) is 116 Å². The molecule has 56 heavy (non-hydrogen) atoms. The Morgan fingerprint density at radius 1 is 0.321 bits per heavy atom.